The van der Waals surface area contributed by atoms with Crippen LogP contribution in [0, 0.1) is 10.1 Å². The van der Waals surface area contributed by atoms with E-state index in [1.807, 2.05) is 11.1 Å². The monoisotopic (exact) mass is 376 g/mol. The van der Waals surface area contributed by atoms with Gasteiger partial charge in [-0.2, -0.15) is 0 Å². The third-order valence-corrected chi connectivity index (χ3v) is 4.57. The maximum atomic E-state index is 11.3. The Hall–Kier alpha value is -2.29. The second-order valence-electron chi connectivity index (χ2n) is 6.26. The number of hydrogen-bond acceptors (Lipinski definition) is 7. The van der Waals surface area contributed by atoms with Gasteiger partial charge in [0, 0.05) is 37.1 Å². The number of hydrazine groups is 1. The molecule has 3 rings (SSSR count). The first-order valence-corrected chi connectivity index (χ1v) is 8.93. The summed E-state index contributed by atoms with van der Waals surface area (Å²) in [5, 5.41) is 15.2. The molecule has 0 radical (unpaired) electrons. The van der Waals surface area contributed by atoms with Crippen molar-refractivity contribution >= 4 is 28.9 Å². The van der Waals surface area contributed by atoms with Gasteiger partial charge in [-0.1, -0.05) is 24.9 Å². The molecular weight excluding hydrogens is 356 g/mol. The van der Waals surface area contributed by atoms with Crippen LogP contribution in [0.5, 0.6) is 0 Å². The van der Waals surface area contributed by atoms with Crippen molar-refractivity contribution in [3.63, 3.8) is 0 Å². The minimum atomic E-state index is -0.492. The summed E-state index contributed by atoms with van der Waals surface area (Å²) in [6, 6.07) is 6.62. The number of nitrogens with zero attached hydrogens (tertiary/aromatic N) is 5. The van der Waals surface area contributed by atoms with E-state index >= 15 is 0 Å². The molecule has 2 aromatic rings. The molecule has 1 aromatic heterocycles. The highest BCUT2D eigenvalue weighted by Crippen LogP contribution is 2.33. The number of aromatic nitrogens is 2. The van der Waals surface area contributed by atoms with Crippen molar-refractivity contribution in [1.29, 1.82) is 0 Å². The highest BCUT2D eigenvalue weighted by Gasteiger charge is 2.29. The lowest BCUT2D eigenvalue weighted by atomic mass is 10.2. The molecule has 1 atom stereocenters. The Balaban J connectivity index is 2.06. The van der Waals surface area contributed by atoms with Crippen molar-refractivity contribution in [2.24, 2.45) is 5.73 Å². The Bertz CT molecular complexity index is 803. The number of rotatable bonds is 6. The summed E-state index contributed by atoms with van der Waals surface area (Å²) in [4.78, 5) is 19.8. The van der Waals surface area contributed by atoms with Gasteiger partial charge in [-0.05, 0) is 31.0 Å². The summed E-state index contributed by atoms with van der Waals surface area (Å²) in [7, 11) is 0. The lowest BCUT2D eigenvalue weighted by Gasteiger charge is -2.31. The molecule has 1 aliphatic rings. The van der Waals surface area contributed by atoms with Crippen molar-refractivity contribution in [1.82, 2.24) is 15.0 Å². The van der Waals surface area contributed by atoms with E-state index in [9.17, 15) is 10.1 Å². The van der Waals surface area contributed by atoms with Gasteiger partial charge in [0.25, 0.3) is 5.69 Å². The summed E-state index contributed by atoms with van der Waals surface area (Å²) in [6.07, 6.45) is 4.35. The summed E-state index contributed by atoms with van der Waals surface area (Å²) >= 11 is 5.97. The van der Waals surface area contributed by atoms with Gasteiger partial charge >= 0.3 is 0 Å². The number of nitrogens with two attached hydrogens (primary N) is 1. The van der Waals surface area contributed by atoms with Crippen LogP contribution in [0.2, 0.25) is 5.02 Å². The van der Waals surface area contributed by atoms with Gasteiger partial charge in [-0.25, -0.2) is 20.0 Å². The van der Waals surface area contributed by atoms with Gasteiger partial charge in [-0.15, -0.1) is 0 Å². The number of benzene rings is 1. The summed E-state index contributed by atoms with van der Waals surface area (Å²) in [6.45, 7) is 3.43. The average molecular weight is 377 g/mol. The van der Waals surface area contributed by atoms with E-state index in [0.29, 0.717) is 18.2 Å². The van der Waals surface area contributed by atoms with E-state index in [0.717, 1.165) is 31.5 Å². The Morgan fingerprint density at radius 1 is 1.46 bits per heavy atom. The second-order valence-corrected chi connectivity index (χ2v) is 6.67. The number of nitro benzene ring substituents is 1. The van der Waals surface area contributed by atoms with Gasteiger partial charge in [-0.3, -0.25) is 10.1 Å². The molecule has 1 aromatic carbocycles. The second kappa shape index (κ2) is 7.94. The number of halogens is 1. The third kappa shape index (κ3) is 3.92. The van der Waals surface area contributed by atoms with E-state index in [-0.39, 0.29) is 16.8 Å². The smallest absolute Gasteiger partial charge is 0.290 e. The van der Waals surface area contributed by atoms with Crippen molar-refractivity contribution in [2.75, 3.05) is 18.1 Å². The molecule has 1 fully saturated rings. The van der Waals surface area contributed by atoms with Crippen LogP contribution in [-0.2, 0) is 6.42 Å². The Morgan fingerprint density at radius 3 is 2.92 bits per heavy atom. The molecule has 0 saturated carbocycles. The van der Waals surface area contributed by atoms with Crippen LogP contribution in [0.1, 0.15) is 25.5 Å². The largest absolute Gasteiger partial charge is 0.326 e. The summed E-state index contributed by atoms with van der Waals surface area (Å²) < 4.78 is 0. The molecule has 0 aliphatic carbocycles. The maximum Gasteiger partial charge on any atom is 0.290 e. The SMILES string of the molecule is CCCc1ccnc(N(c2ccc(Cl)c([N+](=O)[O-])c2)N2CC[C@H](N)C2)n1. The molecule has 1 aliphatic heterocycles. The Kier molecular flexibility index (Phi) is 5.65. The zero-order valence-electron chi connectivity index (χ0n) is 14.5. The molecule has 0 amide bonds. The van der Waals surface area contributed by atoms with Crippen LogP contribution in [0.4, 0.5) is 17.3 Å². The minimum Gasteiger partial charge on any atom is -0.326 e. The van der Waals surface area contributed by atoms with Gasteiger partial charge in [0.05, 0.1) is 10.6 Å². The van der Waals surface area contributed by atoms with E-state index in [2.05, 4.69) is 16.9 Å². The quantitative estimate of drug-likeness (QED) is 0.610. The Labute approximate surface area is 156 Å². The molecule has 2 N–H and O–H groups in total. The molecule has 26 heavy (non-hydrogen) atoms. The highest BCUT2D eigenvalue weighted by atomic mass is 35.5. The lowest BCUT2D eigenvalue weighted by Crippen LogP contribution is -2.40. The fourth-order valence-corrected chi connectivity index (χ4v) is 3.20. The first-order chi connectivity index (χ1) is 12.5. The van der Waals surface area contributed by atoms with Crippen molar-refractivity contribution in [2.45, 2.75) is 32.2 Å². The van der Waals surface area contributed by atoms with Crippen LogP contribution >= 0.6 is 11.6 Å². The van der Waals surface area contributed by atoms with E-state index in [4.69, 9.17) is 17.3 Å². The highest BCUT2D eigenvalue weighted by molar-refractivity contribution is 6.32. The number of aryl methyl sites for hydroxylation is 1. The van der Waals surface area contributed by atoms with Gasteiger partial charge < -0.3 is 5.73 Å². The molecule has 8 nitrogen and oxygen atoms in total. The zero-order valence-corrected chi connectivity index (χ0v) is 15.3. The molecule has 0 spiro atoms. The van der Waals surface area contributed by atoms with Crippen LogP contribution in [0.15, 0.2) is 30.5 Å². The fraction of sp³-hybridized carbons (Fsp3) is 0.412. The van der Waals surface area contributed by atoms with Gasteiger partial charge in [0.1, 0.15) is 5.02 Å². The maximum absolute atomic E-state index is 11.3. The van der Waals surface area contributed by atoms with Crippen LogP contribution in [0.3, 0.4) is 0 Å². The molecule has 2 heterocycles. The van der Waals surface area contributed by atoms with Crippen molar-refractivity contribution in [3.8, 4) is 0 Å². The summed E-state index contributed by atoms with van der Waals surface area (Å²) in [5.74, 6) is 0.474. The molecule has 9 heteroatoms. The average Bonchev–Trinajstić information content (AvgIpc) is 3.03. The predicted octanol–water partition coefficient (Wildman–Crippen LogP) is 3.08. The molecule has 0 bridgehead atoms. The van der Waals surface area contributed by atoms with Gasteiger partial charge in [0.15, 0.2) is 0 Å². The molecule has 0 unspecified atom stereocenters. The lowest BCUT2D eigenvalue weighted by molar-refractivity contribution is -0.384. The van der Waals surface area contributed by atoms with E-state index in [1.54, 1.807) is 17.3 Å². The van der Waals surface area contributed by atoms with Crippen molar-refractivity contribution in [3.05, 3.63) is 51.3 Å². The van der Waals surface area contributed by atoms with Crippen LogP contribution < -0.4 is 10.7 Å². The first kappa shape index (κ1) is 18.5. The third-order valence-electron chi connectivity index (χ3n) is 4.25. The fourth-order valence-electron chi connectivity index (χ4n) is 3.01. The predicted molar refractivity (Wildman–Crippen MR) is 100 cm³/mol. The Morgan fingerprint density at radius 2 is 2.27 bits per heavy atom. The number of nitro groups is 1. The number of hydrogen-bond donors (Lipinski definition) is 1. The molecular formula is C17H21ClN6O2. The minimum absolute atomic E-state index is 0.0404. The van der Waals surface area contributed by atoms with Crippen LogP contribution in [0.25, 0.3) is 0 Å². The van der Waals surface area contributed by atoms with E-state index < -0.39 is 4.92 Å². The topological polar surface area (TPSA) is 101 Å². The summed E-state index contributed by atoms with van der Waals surface area (Å²) in [5.41, 5.74) is 7.42. The number of anilines is 2. The van der Waals surface area contributed by atoms with Crippen LogP contribution in [-0.4, -0.2) is 39.0 Å². The normalized spacial score (nSPS) is 17.4. The molecule has 1 saturated heterocycles. The van der Waals surface area contributed by atoms with E-state index in [1.165, 1.54) is 12.1 Å². The zero-order chi connectivity index (χ0) is 18.7. The standard InChI is InChI=1S/C17H21ClN6O2/c1-2-3-13-6-8-20-17(21-13)23(22-9-7-12(19)11-22)14-4-5-15(18)16(10-14)24(25)26/h4-6,8,10,12H,2-3,7,9,11,19H2,1H3/t12-/m0/s1. The first-order valence-electron chi connectivity index (χ1n) is 8.56. The van der Waals surface area contributed by atoms with Crippen molar-refractivity contribution < 1.29 is 4.92 Å². The van der Waals surface area contributed by atoms with Gasteiger partial charge in [0.2, 0.25) is 5.95 Å². The molecule has 138 valence electrons.